The summed E-state index contributed by atoms with van der Waals surface area (Å²) < 4.78 is 0. The van der Waals surface area contributed by atoms with Crippen LogP contribution in [-0.4, -0.2) is 30.1 Å². The van der Waals surface area contributed by atoms with Gasteiger partial charge in [-0.1, -0.05) is 60.7 Å². The minimum atomic E-state index is 0.0463. The summed E-state index contributed by atoms with van der Waals surface area (Å²) in [4.78, 5) is 2.50. The van der Waals surface area contributed by atoms with Crippen LogP contribution in [0.2, 0.25) is 0 Å². The van der Waals surface area contributed by atoms with Crippen molar-refractivity contribution < 1.29 is 0 Å². The van der Waals surface area contributed by atoms with Gasteiger partial charge in [-0.15, -0.1) is 0 Å². The molecule has 0 radical (unpaired) electrons. The van der Waals surface area contributed by atoms with Crippen LogP contribution in [0.4, 0.5) is 0 Å². The summed E-state index contributed by atoms with van der Waals surface area (Å²) in [6, 6.07) is 21.2. The van der Waals surface area contributed by atoms with E-state index in [1.807, 2.05) is 0 Å². The minimum Gasteiger partial charge on any atom is -0.329 e. The zero-order valence-corrected chi connectivity index (χ0v) is 13.0. The van der Waals surface area contributed by atoms with Gasteiger partial charge in [0.25, 0.3) is 0 Å². The van der Waals surface area contributed by atoms with Crippen molar-refractivity contribution in [3.8, 4) is 0 Å². The highest BCUT2D eigenvalue weighted by Crippen LogP contribution is 2.22. The van der Waals surface area contributed by atoms with Gasteiger partial charge < -0.3 is 11.1 Å². The highest BCUT2D eigenvalue weighted by molar-refractivity contribution is 5.17. The Morgan fingerprint density at radius 3 is 2.23 bits per heavy atom. The number of hydrogen-bond donors (Lipinski definition) is 2. The van der Waals surface area contributed by atoms with Crippen LogP contribution in [0.5, 0.6) is 0 Å². The molecule has 1 heterocycles. The number of nitrogens with one attached hydrogen (secondary N) is 1. The number of rotatable bonds is 6. The molecular formula is C19H25N3. The highest BCUT2D eigenvalue weighted by atomic mass is 15.2. The lowest BCUT2D eigenvalue weighted by atomic mass is 9.98. The molecule has 1 aliphatic heterocycles. The molecule has 1 fully saturated rings. The van der Waals surface area contributed by atoms with E-state index in [0.29, 0.717) is 6.54 Å². The monoisotopic (exact) mass is 295 g/mol. The summed E-state index contributed by atoms with van der Waals surface area (Å²) in [5, 5.41) is 3.71. The van der Waals surface area contributed by atoms with Crippen molar-refractivity contribution in [1.82, 2.24) is 10.2 Å². The van der Waals surface area contributed by atoms with Crippen LogP contribution >= 0.6 is 0 Å². The van der Waals surface area contributed by atoms with E-state index in [9.17, 15) is 0 Å². The topological polar surface area (TPSA) is 41.3 Å². The third kappa shape index (κ3) is 3.74. The summed E-state index contributed by atoms with van der Waals surface area (Å²) in [6.45, 7) is 4.71. The van der Waals surface area contributed by atoms with E-state index in [1.165, 1.54) is 11.1 Å². The van der Waals surface area contributed by atoms with Crippen molar-refractivity contribution in [2.45, 2.75) is 25.0 Å². The molecule has 0 aliphatic carbocycles. The van der Waals surface area contributed by atoms with E-state index in [-0.39, 0.29) is 5.54 Å². The second-order valence-electron chi connectivity index (χ2n) is 6.27. The number of nitrogens with zero attached hydrogens (tertiary/aromatic N) is 1. The molecule has 0 bridgehead atoms. The van der Waals surface area contributed by atoms with E-state index in [4.69, 9.17) is 5.73 Å². The van der Waals surface area contributed by atoms with E-state index in [1.54, 1.807) is 0 Å². The van der Waals surface area contributed by atoms with Gasteiger partial charge in [0.15, 0.2) is 0 Å². The highest BCUT2D eigenvalue weighted by Gasteiger charge is 2.36. The molecule has 2 aromatic rings. The first-order valence-corrected chi connectivity index (χ1v) is 8.05. The normalized spacial score (nSPS) is 22.0. The smallest absolute Gasteiger partial charge is 0.0447 e. The number of nitrogens with two attached hydrogens (primary N) is 1. The van der Waals surface area contributed by atoms with Crippen LogP contribution in [0.25, 0.3) is 0 Å². The van der Waals surface area contributed by atoms with E-state index in [0.717, 1.165) is 32.6 Å². The molecule has 0 saturated carbocycles. The average molecular weight is 295 g/mol. The van der Waals surface area contributed by atoms with Gasteiger partial charge in [-0.05, 0) is 17.5 Å². The zero-order chi connectivity index (χ0) is 15.3. The molecule has 1 aliphatic rings. The molecule has 1 saturated heterocycles. The van der Waals surface area contributed by atoms with Crippen LogP contribution < -0.4 is 11.1 Å². The predicted molar refractivity (Wildman–Crippen MR) is 91.4 cm³/mol. The Morgan fingerprint density at radius 2 is 1.59 bits per heavy atom. The summed E-state index contributed by atoms with van der Waals surface area (Å²) >= 11 is 0. The molecule has 1 atom stereocenters. The first-order chi connectivity index (χ1) is 10.8. The van der Waals surface area contributed by atoms with Crippen molar-refractivity contribution in [1.29, 1.82) is 0 Å². The molecule has 116 valence electrons. The van der Waals surface area contributed by atoms with Crippen molar-refractivity contribution in [3.05, 3.63) is 71.8 Å². The molecule has 0 aromatic heterocycles. The van der Waals surface area contributed by atoms with Gasteiger partial charge in [-0.2, -0.15) is 0 Å². The molecule has 3 heteroatoms. The quantitative estimate of drug-likeness (QED) is 0.860. The first-order valence-electron chi connectivity index (χ1n) is 8.05. The molecule has 1 unspecified atom stereocenters. The van der Waals surface area contributed by atoms with Crippen molar-refractivity contribution in [3.63, 3.8) is 0 Å². The van der Waals surface area contributed by atoms with E-state index < -0.39 is 0 Å². The summed E-state index contributed by atoms with van der Waals surface area (Å²) in [7, 11) is 0. The molecule has 22 heavy (non-hydrogen) atoms. The Labute approximate surface area is 133 Å². The number of hydrogen-bond acceptors (Lipinski definition) is 3. The number of likely N-dealkylation sites (tertiary alicyclic amines) is 1. The van der Waals surface area contributed by atoms with E-state index >= 15 is 0 Å². The molecule has 3 nitrogen and oxygen atoms in total. The summed E-state index contributed by atoms with van der Waals surface area (Å²) in [6.07, 6.45) is 1.11. The van der Waals surface area contributed by atoms with E-state index in [2.05, 4.69) is 70.9 Å². The minimum absolute atomic E-state index is 0.0463. The van der Waals surface area contributed by atoms with Crippen LogP contribution in [-0.2, 0) is 13.1 Å². The summed E-state index contributed by atoms with van der Waals surface area (Å²) in [5.74, 6) is 0. The second kappa shape index (κ2) is 7.05. The van der Waals surface area contributed by atoms with Crippen LogP contribution in [0, 0.1) is 0 Å². The predicted octanol–water partition coefficient (Wildman–Crippen LogP) is 2.38. The molecule has 3 rings (SSSR count). The first kappa shape index (κ1) is 15.2. The summed E-state index contributed by atoms with van der Waals surface area (Å²) in [5.41, 5.74) is 8.84. The Kier molecular flexibility index (Phi) is 4.88. The Balaban J connectivity index is 1.58. The maximum Gasteiger partial charge on any atom is 0.0447 e. The zero-order valence-electron chi connectivity index (χ0n) is 13.0. The third-order valence-corrected chi connectivity index (χ3v) is 4.58. The van der Waals surface area contributed by atoms with Gasteiger partial charge in [0.1, 0.15) is 0 Å². The van der Waals surface area contributed by atoms with Crippen molar-refractivity contribution in [2.75, 3.05) is 19.6 Å². The fourth-order valence-corrected chi connectivity index (χ4v) is 3.20. The lowest BCUT2D eigenvalue weighted by Crippen LogP contribution is -2.52. The molecular weight excluding hydrogens is 270 g/mol. The largest absolute Gasteiger partial charge is 0.329 e. The lowest BCUT2D eigenvalue weighted by Gasteiger charge is -2.29. The average Bonchev–Trinajstić information content (AvgIpc) is 2.99. The Hall–Kier alpha value is -1.68. The van der Waals surface area contributed by atoms with Gasteiger partial charge in [0.05, 0.1) is 0 Å². The van der Waals surface area contributed by atoms with Gasteiger partial charge in [-0.25, -0.2) is 0 Å². The fraction of sp³-hybridized carbons (Fsp3) is 0.368. The standard InChI is InChI=1S/C19H25N3/c20-15-19(21-13-17-7-3-1-4-8-17)11-12-22(16-19)14-18-9-5-2-6-10-18/h1-10,21H,11-16,20H2. The molecule has 2 aromatic carbocycles. The Morgan fingerprint density at radius 1 is 0.955 bits per heavy atom. The van der Waals surface area contributed by atoms with Crippen molar-refractivity contribution in [2.24, 2.45) is 5.73 Å². The van der Waals surface area contributed by atoms with Gasteiger partial charge in [0, 0.05) is 38.3 Å². The molecule has 0 spiro atoms. The van der Waals surface area contributed by atoms with Crippen LogP contribution in [0.15, 0.2) is 60.7 Å². The second-order valence-corrected chi connectivity index (χ2v) is 6.27. The maximum absolute atomic E-state index is 6.10. The van der Waals surface area contributed by atoms with Crippen LogP contribution in [0.1, 0.15) is 17.5 Å². The molecule has 0 amide bonds. The maximum atomic E-state index is 6.10. The van der Waals surface area contributed by atoms with Gasteiger partial charge >= 0.3 is 0 Å². The fourth-order valence-electron chi connectivity index (χ4n) is 3.20. The third-order valence-electron chi connectivity index (χ3n) is 4.58. The lowest BCUT2D eigenvalue weighted by molar-refractivity contribution is 0.276. The van der Waals surface area contributed by atoms with Gasteiger partial charge in [-0.3, -0.25) is 4.90 Å². The molecule has 3 N–H and O–H groups in total. The van der Waals surface area contributed by atoms with Crippen molar-refractivity contribution >= 4 is 0 Å². The Bertz CT molecular complexity index is 570. The number of benzene rings is 2. The van der Waals surface area contributed by atoms with Gasteiger partial charge in [0.2, 0.25) is 0 Å². The SMILES string of the molecule is NCC1(NCc2ccccc2)CCN(Cc2ccccc2)C1. The van der Waals surface area contributed by atoms with Crippen LogP contribution in [0.3, 0.4) is 0 Å².